The number of nitriles is 1. The molecule has 6 aromatic rings. The van der Waals surface area contributed by atoms with E-state index in [-0.39, 0.29) is 0 Å². The van der Waals surface area contributed by atoms with Crippen molar-refractivity contribution in [3.8, 4) is 50.6 Å². The van der Waals surface area contributed by atoms with Crippen LogP contribution >= 0.6 is 0 Å². The molecule has 0 saturated carbocycles. The first kappa shape index (κ1) is 23.1. The van der Waals surface area contributed by atoms with Crippen LogP contribution in [0.4, 0.5) is 5.82 Å². The van der Waals surface area contributed by atoms with E-state index in [2.05, 4.69) is 106 Å². The molecule has 0 unspecified atom stereocenters. The lowest BCUT2D eigenvalue weighted by Crippen LogP contribution is -2.25. The van der Waals surface area contributed by atoms with Gasteiger partial charge in [-0.1, -0.05) is 79.4 Å². The largest absolute Gasteiger partial charge is 0.361 e. The Labute approximate surface area is 237 Å². The van der Waals surface area contributed by atoms with E-state index >= 15 is 0 Å². The van der Waals surface area contributed by atoms with E-state index in [1.54, 1.807) is 12.4 Å². The van der Waals surface area contributed by atoms with E-state index in [9.17, 15) is 5.26 Å². The van der Waals surface area contributed by atoms with Gasteiger partial charge in [0.1, 0.15) is 18.0 Å². The third kappa shape index (κ3) is 3.13. The average molecular weight is 521 g/mol. The lowest BCUT2D eigenvalue weighted by molar-refractivity contribution is 0.794. The molecule has 8 rings (SSSR count). The molecular formula is C37H20N4. The van der Waals surface area contributed by atoms with Crippen molar-refractivity contribution >= 4 is 5.82 Å². The van der Waals surface area contributed by atoms with Gasteiger partial charge in [0.25, 0.3) is 5.82 Å². The third-order valence-electron chi connectivity index (χ3n) is 8.49. The van der Waals surface area contributed by atoms with Gasteiger partial charge in [-0.3, -0.25) is 0 Å². The number of fused-ring (bicyclic) bond motifs is 10. The second-order valence-corrected chi connectivity index (χ2v) is 10.4. The number of hydrogen-bond donors (Lipinski definition) is 0. The van der Waals surface area contributed by atoms with Gasteiger partial charge in [0.15, 0.2) is 0 Å². The second-order valence-electron chi connectivity index (χ2n) is 10.4. The average Bonchev–Trinajstić information content (AvgIpc) is 3.51. The Morgan fingerprint density at radius 2 is 1.07 bits per heavy atom. The van der Waals surface area contributed by atoms with Gasteiger partial charge < -0.3 is 4.85 Å². The van der Waals surface area contributed by atoms with Crippen LogP contribution in [0, 0.1) is 17.9 Å². The first-order valence-corrected chi connectivity index (χ1v) is 13.4. The number of pyridine rings is 2. The van der Waals surface area contributed by atoms with Crippen LogP contribution in [0.3, 0.4) is 0 Å². The van der Waals surface area contributed by atoms with E-state index in [0.29, 0.717) is 11.5 Å². The molecule has 0 amide bonds. The number of nitrogens with zero attached hydrogens (tertiary/aromatic N) is 4. The van der Waals surface area contributed by atoms with Crippen molar-refractivity contribution in [3.63, 3.8) is 0 Å². The molecule has 2 aliphatic rings. The molecule has 188 valence electrons. The summed E-state index contributed by atoms with van der Waals surface area (Å²) in [5.74, 6) is 0.381. The molecule has 2 aliphatic carbocycles. The lowest BCUT2D eigenvalue weighted by atomic mass is 9.70. The van der Waals surface area contributed by atoms with Crippen LogP contribution in [0.5, 0.6) is 0 Å². The molecule has 0 bridgehead atoms. The topological polar surface area (TPSA) is 53.9 Å². The number of rotatable bonds is 2. The van der Waals surface area contributed by atoms with Crippen molar-refractivity contribution in [2.45, 2.75) is 5.41 Å². The summed E-state index contributed by atoms with van der Waals surface area (Å²) in [5, 5.41) is 9.46. The monoisotopic (exact) mass is 520 g/mol. The Balaban J connectivity index is 1.45. The van der Waals surface area contributed by atoms with Crippen molar-refractivity contribution in [3.05, 3.63) is 161 Å². The Kier molecular flexibility index (Phi) is 4.83. The van der Waals surface area contributed by atoms with Gasteiger partial charge in [-0.15, -0.1) is 4.98 Å². The summed E-state index contributed by atoms with van der Waals surface area (Å²) >= 11 is 0. The van der Waals surface area contributed by atoms with E-state index < -0.39 is 5.41 Å². The number of aromatic nitrogens is 2. The highest BCUT2D eigenvalue weighted by molar-refractivity contribution is 5.97. The fraction of sp³-hybridized carbons (Fsp3) is 0.0270. The van der Waals surface area contributed by atoms with Crippen LogP contribution in [0.25, 0.3) is 49.4 Å². The zero-order valence-corrected chi connectivity index (χ0v) is 21.8. The smallest absolute Gasteiger partial charge is 0.270 e. The predicted octanol–water partition coefficient (Wildman–Crippen LogP) is 8.58. The van der Waals surface area contributed by atoms with E-state index in [4.69, 9.17) is 6.57 Å². The van der Waals surface area contributed by atoms with Crippen LogP contribution in [-0.4, -0.2) is 9.97 Å². The molecule has 41 heavy (non-hydrogen) atoms. The number of benzene rings is 4. The van der Waals surface area contributed by atoms with Crippen molar-refractivity contribution in [2.24, 2.45) is 0 Å². The Bertz CT molecular complexity index is 1990. The van der Waals surface area contributed by atoms with Crippen LogP contribution < -0.4 is 0 Å². The Hall–Kier alpha value is -5.84. The van der Waals surface area contributed by atoms with Gasteiger partial charge in [0.2, 0.25) is 0 Å². The first-order valence-electron chi connectivity index (χ1n) is 13.4. The standard InChI is InChI=1S/C37H20N4/c1-39-36-21-26(15-17-41-36)24-11-13-35-31(20-24)30-19-23(25-14-16-40-27(18-25)22-38)10-12-34(30)37(35)32-8-4-2-6-28(32)29-7-3-5-9-33(29)37/h2-21H. The van der Waals surface area contributed by atoms with Crippen molar-refractivity contribution in [2.75, 3.05) is 0 Å². The molecule has 2 heterocycles. The van der Waals surface area contributed by atoms with Crippen LogP contribution in [-0.2, 0) is 5.41 Å². The summed E-state index contributed by atoms with van der Waals surface area (Å²) in [6.45, 7) is 7.44. The fourth-order valence-electron chi connectivity index (χ4n) is 6.84. The highest BCUT2D eigenvalue weighted by Gasteiger charge is 2.51. The highest BCUT2D eigenvalue weighted by atomic mass is 14.8. The molecule has 4 aromatic carbocycles. The van der Waals surface area contributed by atoms with E-state index in [0.717, 1.165) is 22.3 Å². The predicted molar refractivity (Wildman–Crippen MR) is 160 cm³/mol. The number of hydrogen-bond acceptors (Lipinski definition) is 3. The summed E-state index contributed by atoms with van der Waals surface area (Å²) in [7, 11) is 0. The highest BCUT2D eigenvalue weighted by Crippen LogP contribution is 2.63. The molecular weight excluding hydrogens is 500 g/mol. The van der Waals surface area contributed by atoms with Crippen molar-refractivity contribution in [1.82, 2.24) is 9.97 Å². The molecule has 2 aromatic heterocycles. The fourth-order valence-corrected chi connectivity index (χ4v) is 6.84. The van der Waals surface area contributed by atoms with Crippen LogP contribution in [0.1, 0.15) is 27.9 Å². The molecule has 0 saturated heterocycles. The maximum atomic E-state index is 9.46. The molecule has 0 aliphatic heterocycles. The van der Waals surface area contributed by atoms with Gasteiger partial charge >= 0.3 is 0 Å². The molecule has 1 spiro atoms. The van der Waals surface area contributed by atoms with Crippen LogP contribution in [0.2, 0.25) is 0 Å². The third-order valence-corrected chi connectivity index (χ3v) is 8.49. The van der Waals surface area contributed by atoms with Crippen molar-refractivity contribution in [1.29, 1.82) is 5.26 Å². The maximum Gasteiger partial charge on any atom is 0.270 e. The van der Waals surface area contributed by atoms with Crippen molar-refractivity contribution < 1.29 is 0 Å². The molecule has 4 heteroatoms. The van der Waals surface area contributed by atoms with Gasteiger partial charge in [-0.25, -0.2) is 4.98 Å². The summed E-state index contributed by atoms with van der Waals surface area (Å²) in [5.41, 5.74) is 13.9. The van der Waals surface area contributed by atoms with Gasteiger partial charge in [0.05, 0.1) is 5.41 Å². The SMILES string of the molecule is [C-]#[N+]c1cc(-c2ccc3c(c2)-c2cc(-c4ccnc(C#N)c4)ccc2C32c3ccccc3-c3ccccc32)ccn1. The summed E-state index contributed by atoms with van der Waals surface area (Å²) in [6, 6.07) is 40.6. The molecule has 0 atom stereocenters. The lowest BCUT2D eigenvalue weighted by Gasteiger charge is -2.30. The van der Waals surface area contributed by atoms with Gasteiger partial charge in [-0.2, -0.15) is 5.26 Å². The minimum Gasteiger partial charge on any atom is -0.361 e. The molecule has 0 N–H and O–H groups in total. The molecule has 4 nitrogen and oxygen atoms in total. The maximum absolute atomic E-state index is 9.46. The Morgan fingerprint density at radius 1 is 0.561 bits per heavy atom. The van der Waals surface area contributed by atoms with Gasteiger partial charge in [0, 0.05) is 6.20 Å². The quantitative estimate of drug-likeness (QED) is 0.215. The molecule has 0 radical (unpaired) electrons. The normalized spacial score (nSPS) is 13.0. The Morgan fingerprint density at radius 3 is 1.66 bits per heavy atom. The summed E-state index contributed by atoms with van der Waals surface area (Å²) in [4.78, 5) is 11.9. The van der Waals surface area contributed by atoms with Gasteiger partial charge in [-0.05, 0) is 103 Å². The van der Waals surface area contributed by atoms with E-state index in [1.807, 2.05) is 24.3 Å². The molecule has 0 fully saturated rings. The second kappa shape index (κ2) is 8.58. The summed E-state index contributed by atoms with van der Waals surface area (Å²) in [6.07, 6.45) is 3.39. The van der Waals surface area contributed by atoms with Crippen LogP contribution in [0.15, 0.2) is 122 Å². The minimum atomic E-state index is -0.440. The summed E-state index contributed by atoms with van der Waals surface area (Å²) < 4.78 is 0. The van der Waals surface area contributed by atoms with E-state index in [1.165, 1.54) is 44.5 Å². The minimum absolute atomic E-state index is 0.381. The first-order chi connectivity index (χ1) is 20.2. The zero-order valence-electron chi connectivity index (χ0n) is 21.8. The zero-order chi connectivity index (χ0) is 27.6.